The number of nitrogens with zero attached hydrogens (tertiary/aromatic N) is 3. The van der Waals surface area contributed by atoms with Crippen molar-refractivity contribution in [3.8, 4) is 0 Å². The summed E-state index contributed by atoms with van der Waals surface area (Å²) >= 11 is 6.02. The molecule has 0 aliphatic rings. The number of guanidine groups is 1. The molecule has 0 fully saturated rings. The van der Waals surface area contributed by atoms with Crippen molar-refractivity contribution in [1.82, 2.24) is 14.8 Å². The molecule has 2 aromatic rings. The first kappa shape index (κ1) is 18.9. The Kier molecular flexibility index (Phi) is 7.81. The van der Waals surface area contributed by atoms with E-state index in [1.165, 1.54) is 0 Å². The van der Waals surface area contributed by atoms with E-state index >= 15 is 0 Å². The Morgan fingerprint density at radius 2 is 2.27 bits per heavy atom. The fourth-order valence-corrected chi connectivity index (χ4v) is 2.33. The number of aromatic nitrogens is 1. The molecule has 5 nitrogen and oxygen atoms in total. The third-order valence-electron chi connectivity index (χ3n) is 3.16. The summed E-state index contributed by atoms with van der Waals surface area (Å²) in [6.07, 6.45) is 5.28. The SMILES string of the molecule is CCNC(=NCc1ccoc1)N(C)Cc1cc(Cl)cn1C.I. The number of aliphatic imine (C=N–C) groups is 1. The molecule has 0 atom stereocenters. The molecule has 0 aliphatic heterocycles. The zero-order valence-electron chi connectivity index (χ0n) is 13.0. The number of halogens is 2. The Bertz CT molecular complexity index is 595. The molecule has 7 heteroatoms. The van der Waals surface area contributed by atoms with Gasteiger partial charge in [-0.3, -0.25) is 0 Å². The molecule has 0 aliphatic carbocycles. The number of hydrogen-bond donors (Lipinski definition) is 1. The molecule has 2 rings (SSSR count). The molecule has 0 bridgehead atoms. The molecule has 0 unspecified atom stereocenters. The topological polar surface area (TPSA) is 45.7 Å². The van der Waals surface area contributed by atoms with Crippen molar-refractivity contribution in [2.75, 3.05) is 13.6 Å². The first-order valence-corrected chi connectivity index (χ1v) is 7.29. The maximum atomic E-state index is 6.02. The maximum absolute atomic E-state index is 6.02. The van der Waals surface area contributed by atoms with Gasteiger partial charge in [0.05, 0.1) is 30.6 Å². The highest BCUT2D eigenvalue weighted by Crippen LogP contribution is 2.14. The largest absolute Gasteiger partial charge is 0.472 e. The number of hydrogen-bond acceptors (Lipinski definition) is 2. The second kappa shape index (κ2) is 9.09. The highest BCUT2D eigenvalue weighted by Gasteiger charge is 2.09. The van der Waals surface area contributed by atoms with Crippen molar-refractivity contribution in [2.45, 2.75) is 20.0 Å². The van der Waals surface area contributed by atoms with Crippen LogP contribution in [0.4, 0.5) is 0 Å². The monoisotopic (exact) mass is 436 g/mol. The van der Waals surface area contributed by atoms with Crippen LogP contribution in [0.2, 0.25) is 5.02 Å². The first-order chi connectivity index (χ1) is 10.1. The first-order valence-electron chi connectivity index (χ1n) is 6.91. The van der Waals surface area contributed by atoms with Crippen LogP contribution >= 0.6 is 35.6 Å². The molecule has 122 valence electrons. The van der Waals surface area contributed by atoms with Crippen LogP contribution in [0.5, 0.6) is 0 Å². The summed E-state index contributed by atoms with van der Waals surface area (Å²) in [5.74, 6) is 0.857. The standard InChI is InChI=1S/C15H21ClN4O.HI/c1-4-17-15(18-8-12-5-6-21-11-12)20(3)10-14-7-13(16)9-19(14)2;/h5-7,9,11H,4,8,10H2,1-3H3,(H,17,18);1H. The normalized spacial score (nSPS) is 11.2. The third-order valence-corrected chi connectivity index (χ3v) is 3.37. The summed E-state index contributed by atoms with van der Waals surface area (Å²) in [4.78, 5) is 6.70. The Hall–Kier alpha value is -1.15. The van der Waals surface area contributed by atoms with Crippen LogP contribution in [0, 0.1) is 0 Å². The van der Waals surface area contributed by atoms with Gasteiger partial charge in [-0.1, -0.05) is 11.6 Å². The molecule has 0 aromatic carbocycles. The fraction of sp³-hybridized carbons (Fsp3) is 0.400. The van der Waals surface area contributed by atoms with E-state index in [0.29, 0.717) is 6.54 Å². The van der Waals surface area contributed by atoms with Gasteiger partial charge in [-0.05, 0) is 19.1 Å². The van der Waals surface area contributed by atoms with Crippen LogP contribution in [0.3, 0.4) is 0 Å². The lowest BCUT2D eigenvalue weighted by atomic mass is 10.3. The van der Waals surface area contributed by atoms with Gasteiger partial charge in [0.1, 0.15) is 0 Å². The zero-order valence-corrected chi connectivity index (χ0v) is 16.1. The summed E-state index contributed by atoms with van der Waals surface area (Å²) in [5.41, 5.74) is 2.19. The minimum absolute atomic E-state index is 0. The maximum Gasteiger partial charge on any atom is 0.194 e. The van der Waals surface area contributed by atoms with Crippen LogP contribution in [0.15, 0.2) is 40.3 Å². The van der Waals surface area contributed by atoms with Crippen LogP contribution in [-0.4, -0.2) is 29.0 Å². The van der Waals surface area contributed by atoms with Gasteiger partial charge >= 0.3 is 0 Å². The van der Waals surface area contributed by atoms with Crippen molar-refractivity contribution in [2.24, 2.45) is 12.0 Å². The molecular formula is C15H22ClIN4O. The van der Waals surface area contributed by atoms with Gasteiger partial charge in [-0.2, -0.15) is 0 Å². The molecule has 0 saturated carbocycles. The molecule has 22 heavy (non-hydrogen) atoms. The number of nitrogens with one attached hydrogen (secondary N) is 1. The van der Waals surface area contributed by atoms with Crippen molar-refractivity contribution in [1.29, 1.82) is 0 Å². The van der Waals surface area contributed by atoms with Gasteiger partial charge in [0.25, 0.3) is 0 Å². The highest BCUT2D eigenvalue weighted by atomic mass is 127. The summed E-state index contributed by atoms with van der Waals surface area (Å²) < 4.78 is 7.09. The Morgan fingerprint density at radius 1 is 1.50 bits per heavy atom. The Labute approximate surface area is 153 Å². The van der Waals surface area contributed by atoms with E-state index in [1.54, 1.807) is 12.5 Å². The molecule has 0 amide bonds. The summed E-state index contributed by atoms with van der Waals surface area (Å²) in [7, 11) is 4.00. The van der Waals surface area contributed by atoms with E-state index in [2.05, 4.69) is 22.1 Å². The van der Waals surface area contributed by atoms with Gasteiger partial charge < -0.3 is 19.2 Å². The van der Waals surface area contributed by atoms with E-state index in [4.69, 9.17) is 16.0 Å². The predicted octanol–water partition coefficient (Wildman–Crippen LogP) is 3.49. The lowest BCUT2D eigenvalue weighted by molar-refractivity contribution is 0.462. The Morgan fingerprint density at radius 3 is 2.82 bits per heavy atom. The minimum atomic E-state index is 0. The van der Waals surface area contributed by atoms with Gasteiger partial charge in [0.15, 0.2) is 5.96 Å². The molecule has 0 spiro atoms. The van der Waals surface area contributed by atoms with Gasteiger partial charge in [-0.25, -0.2) is 4.99 Å². The molecule has 0 radical (unpaired) electrons. The molecule has 2 heterocycles. The van der Waals surface area contributed by atoms with Gasteiger partial charge in [-0.15, -0.1) is 24.0 Å². The van der Waals surface area contributed by atoms with Crippen LogP contribution in [-0.2, 0) is 20.1 Å². The molecular weight excluding hydrogens is 415 g/mol. The van der Waals surface area contributed by atoms with E-state index in [-0.39, 0.29) is 24.0 Å². The third kappa shape index (κ3) is 5.24. The second-order valence-electron chi connectivity index (χ2n) is 4.92. The van der Waals surface area contributed by atoms with Crippen LogP contribution in [0.1, 0.15) is 18.2 Å². The zero-order chi connectivity index (χ0) is 15.2. The average Bonchev–Trinajstić information content (AvgIpc) is 3.05. The van der Waals surface area contributed by atoms with Crippen molar-refractivity contribution in [3.05, 3.63) is 47.1 Å². The smallest absolute Gasteiger partial charge is 0.194 e. The van der Waals surface area contributed by atoms with Crippen LogP contribution in [0.25, 0.3) is 0 Å². The quantitative estimate of drug-likeness (QED) is 0.443. The number of aryl methyl sites for hydroxylation is 1. The number of rotatable bonds is 5. The molecule has 1 N–H and O–H groups in total. The average molecular weight is 437 g/mol. The fourth-order valence-electron chi connectivity index (χ4n) is 2.06. The van der Waals surface area contributed by atoms with Crippen molar-refractivity contribution < 1.29 is 4.42 Å². The molecule has 2 aromatic heterocycles. The van der Waals surface area contributed by atoms with Crippen LogP contribution < -0.4 is 5.32 Å². The summed E-state index contributed by atoms with van der Waals surface area (Å²) in [6, 6.07) is 3.89. The van der Waals surface area contributed by atoms with Crippen molar-refractivity contribution >= 4 is 41.5 Å². The van der Waals surface area contributed by atoms with Gasteiger partial charge in [0.2, 0.25) is 0 Å². The lowest BCUT2D eigenvalue weighted by Crippen LogP contribution is -2.38. The van der Waals surface area contributed by atoms with E-state index in [0.717, 1.165) is 35.3 Å². The molecule has 0 saturated heterocycles. The van der Waals surface area contributed by atoms with E-state index < -0.39 is 0 Å². The van der Waals surface area contributed by atoms with E-state index in [1.807, 2.05) is 37.0 Å². The summed E-state index contributed by atoms with van der Waals surface area (Å²) in [6.45, 7) is 4.21. The van der Waals surface area contributed by atoms with Crippen molar-refractivity contribution in [3.63, 3.8) is 0 Å². The highest BCUT2D eigenvalue weighted by molar-refractivity contribution is 14.0. The number of furan rings is 1. The van der Waals surface area contributed by atoms with Gasteiger partial charge in [0, 0.05) is 38.1 Å². The van der Waals surface area contributed by atoms with E-state index in [9.17, 15) is 0 Å². The second-order valence-corrected chi connectivity index (χ2v) is 5.35. The minimum Gasteiger partial charge on any atom is -0.472 e. The predicted molar refractivity (Wildman–Crippen MR) is 101 cm³/mol. The Balaban J connectivity index is 0.00000242. The lowest BCUT2D eigenvalue weighted by Gasteiger charge is -2.22. The summed E-state index contributed by atoms with van der Waals surface area (Å²) in [5, 5.41) is 4.05.